The lowest BCUT2D eigenvalue weighted by Crippen LogP contribution is -2.15. The number of methoxy groups -OCH3 is 1. The van der Waals surface area contributed by atoms with Gasteiger partial charge in [0.05, 0.1) is 19.5 Å². The van der Waals surface area contributed by atoms with Crippen molar-refractivity contribution in [3.8, 4) is 5.75 Å². The smallest absolute Gasteiger partial charge is 0.157 e. The number of ether oxygens (including phenoxy) is 1. The SMILES string of the molecule is COc1ccc(CCCCc2cc(N(C)C)n3nccc3n2)nc1. The maximum absolute atomic E-state index is 5.13. The number of aromatic nitrogens is 4. The first-order chi connectivity index (χ1) is 11.7. The van der Waals surface area contributed by atoms with E-state index >= 15 is 0 Å². The fourth-order valence-electron chi connectivity index (χ4n) is 2.69. The van der Waals surface area contributed by atoms with Gasteiger partial charge in [-0.15, -0.1) is 0 Å². The van der Waals surface area contributed by atoms with E-state index in [0.29, 0.717) is 0 Å². The van der Waals surface area contributed by atoms with E-state index in [-0.39, 0.29) is 0 Å². The fourth-order valence-corrected chi connectivity index (χ4v) is 2.69. The third-order valence-electron chi connectivity index (χ3n) is 4.00. The second-order valence-corrected chi connectivity index (χ2v) is 6.00. The molecule has 0 saturated heterocycles. The van der Waals surface area contributed by atoms with Crippen LogP contribution in [-0.2, 0) is 12.8 Å². The molecule has 0 bridgehead atoms. The summed E-state index contributed by atoms with van der Waals surface area (Å²) in [7, 11) is 5.70. The van der Waals surface area contributed by atoms with Crippen molar-refractivity contribution in [1.82, 2.24) is 19.6 Å². The largest absolute Gasteiger partial charge is 0.495 e. The molecule has 6 nitrogen and oxygen atoms in total. The van der Waals surface area contributed by atoms with Crippen LogP contribution in [0.25, 0.3) is 5.65 Å². The highest BCUT2D eigenvalue weighted by Crippen LogP contribution is 2.17. The highest BCUT2D eigenvalue weighted by molar-refractivity contribution is 5.49. The molecule has 6 heteroatoms. The van der Waals surface area contributed by atoms with E-state index < -0.39 is 0 Å². The third-order valence-corrected chi connectivity index (χ3v) is 4.00. The highest BCUT2D eigenvalue weighted by Gasteiger charge is 2.08. The van der Waals surface area contributed by atoms with E-state index in [0.717, 1.165) is 54.3 Å². The Kier molecular flexibility index (Phi) is 4.93. The molecule has 0 unspecified atom stereocenters. The summed E-state index contributed by atoms with van der Waals surface area (Å²) in [6.45, 7) is 0. The topological polar surface area (TPSA) is 55.6 Å². The van der Waals surface area contributed by atoms with Crippen molar-refractivity contribution < 1.29 is 4.74 Å². The van der Waals surface area contributed by atoms with Crippen LogP contribution in [0.3, 0.4) is 0 Å². The molecule has 0 aliphatic rings. The molecule has 0 aliphatic heterocycles. The number of unbranched alkanes of at least 4 members (excludes halogenated alkanes) is 1. The minimum atomic E-state index is 0.799. The molecule has 0 aliphatic carbocycles. The van der Waals surface area contributed by atoms with Gasteiger partial charge >= 0.3 is 0 Å². The zero-order valence-corrected chi connectivity index (χ0v) is 14.4. The van der Waals surface area contributed by atoms with Gasteiger partial charge in [0.1, 0.15) is 11.6 Å². The van der Waals surface area contributed by atoms with Gasteiger partial charge in [0.15, 0.2) is 5.65 Å². The van der Waals surface area contributed by atoms with Crippen LogP contribution in [0.5, 0.6) is 5.75 Å². The van der Waals surface area contributed by atoms with Gasteiger partial charge in [-0.1, -0.05) is 0 Å². The van der Waals surface area contributed by atoms with Crippen LogP contribution in [-0.4, -0.2) is 40.8 Å². The summed E-state index contributed by atoms with van der Waals surface area (Å²) in [6.07, 6.45) is 7.65. The molecule has 24 heavy (non-hydrogen) atoms. The van der Waals surface area contributed by atoms with Crippen LogP contribution in [0.1, 0.15) is 24.2 Å². The average Bonchev–Trinajstić information content (AvgIpc) is 3.06. The summed E-state index contributed by atoms with van der Waals surface area (Å²) < 4.78 is 7.00. The number of pyridine rings is 1. The maximum atomic E-state index is 5.13. The van der Waals surface area contributed by atoms with Crippen LogP contribution in [0.2, 0.25) is 0 Å². The number of fused-ring (bicyclic) bond motifs is 1. The average molecular weight is 325 g/mol. The monoisotopic (exact) mass is 325 g/mol. The Morgan fingerprint density at radius 3 is 2.54 bits per heavy atom. The van der Waals surface area contributed by atoms with Gasteiger partial charge in [-0.05, 0) is 37.8 Å². The summed E-state index contributed by atoms with van der Waals surface area (Å²) in [5.74, 6) is 1.85. The molecule has 3 rings (SSSR count). The van der Waals surface area contributed by atoms with Crippen molar-refractivity contribution in [2.45, 2.75) is 25.7 Å². The van der Waals surface area contributed by atoms with Crippen LogP contribution in [0, 0.1) is 0 Å². The Hall–Kier alpha value is -2.63. The van der Waals surface area contributed by atoms with Gasteiger partial charge in [-0.3, -0.25) is 4.98 Å². The first-order valence-electron chi connectivity index (χ1n) is 8.17. The molecule has 0 fully saturated rings. The molecule has 3 aromatic heterocycles. The summed E-state index contributed by atoms with van der Waals surface area (Å²) in [5, 5.41) is 4.33. The third kappa shape index (κ3) is 3.64. The summed E-state index contributed by atoms with van der Waals surface area (Å²) >= 11 is 0. The molecule has 3 aromatic rings. The van der Waals surface area contributed by atoms with Crippen molar-refractivity contribution in [3.05, 3.63) is 48.0 Å². The van der Waals surface area contributed by atoms with Crippen molar-refractivity contribution in [3.63, 3.8) is 0 Å². The second kappa shape index (κ2) is 7.29. The molecule has 0 amide bonds. The molecule has 0 saturated carbocycles. The van der Waals surface area contributed by atoms with E-state index in [1.54, 1.807) is 19.5 Å². The maximum Gasteiger partial charge on any atom is 0.157 e. The molecule has 0 N–H and O–H groups in total. The molecular weight excluding hydrogens is 302 g/mol. The second-order valence-electron chi connectivity index (χ2n) is 6.00. The van der Waals surface area contributed by atoms with E-state index in [1.165, 1.54) is 0 Å². The minimum Gasteiger partial charge on any atom is -0.495 e. The molecule has 0 aromatic carbocycles. The number of anilines is 1. The number of hydrogen-bond donors (Lipinski definition) is 0. The molecule has 3 heterocycles. The predicted molar refractivity (Wildman–Crippen MR) is 94.7 cm³/mol. The summed E-state index contributed by atoms with van der Waals surface area (Å²) in [6, 6.07) is 8.05. The van der Waals surface area contributed by atoms with Crippen LogP contribution >= 0.6 is 0 Å². The number of nitrogens with zero attached hydrogens (tertiary/aromatic N) is 5. The fraction of sp³-hybridized carbons (Fsp3) is 0.389. The minimum absolute atomic E-state index is 0.799. The van der Waals surface area contributed by atoms with Gasteiger partial charge < -0.3 is 9.64 Å². The van der Waals surface area contributed by atoms with E-state index in [4.69, 9.17) is 4.74 Å². The van der Waals surface area contributed by atoms with Crippen molar-refractivity contribution in [1.29, 1.82) is 0 Å². The van der Waals surface area contributed by atoms with Crippen LogP contribution < -0.4 is 9.64 Å². The van der Waals surface area contributed by atoms with Gasteiger partial charge in [0.2, 0.25) is 0 Å². The van der Waals surface area contributed by atoms with Gasteiger partial charge in [0, 0.05) is 37.6 Å². The lowest BCUT2D eigenvalue weighted by atomic mass is 10.1. The summed E-state index contributed by atoms with van der Waals surface area (Å²) in [4.78, 5) is 11.2. The Labute approximate surface area is 142 Å². The zero-order valence-electron chi connectivity index (χ0n) is 14.4. The molecule has 126 valence electrons. The van der Waals surface area contributed by atoms with Crippen LogP contribution in [0.4, 0.5) is 5.82 Å². The normalized spacial score (nSPS) is 11.0. The Morgan fingerprint density at radius 1 is 1.08 bits per heavy atom. The quantitative estimate of drug-likeness (QED) is 0.625. The first-order valence-corrected chi connectivity index (χ1v) is 8.17. The number of rotatable bonds is 7. The van der Waals surface area contributed by atoms with Gasteiger partial charge in [0.25, 0.3) is 0 Å². The summed E-state index contributed by atoms with van der Waals surface area (Å²) in [5.41, 5.74) is 3.10. The van der Waals surface area contributed by atoms with E-state index in [9.17, 15) is 0 Å². The van der Waals surface area contributed by atoms with Gasteiger partial charge in [-0.2, -0.15) is 9.61 Å². The van der Waals surface area contributed by atoms with Crippen molar-refractivity contribution >= 4 is 11.5 Å². The molecule has 0 radical (unpaired) electrons. The number of hydrogen-bond acceptors (Lipinski definition) is 5. The van der Waals surface area contributed by atoms with Crippen molar-refractivity contribution in [2.24, 2.45) is 0 Å². The van der Waals surface area contributed by atoms with E-state index in [2.05, 4.69) is 26.0 Å². The van der Waals surface area contributed by atoms with Gasteiger partial charge in [-0.25, -0.2) is 4.98 Å². The lowest BCUT2D eigenvalue weighted by molar-refractivity contribution is 0.412. The Balaban J connectivity index is 1.59. The van der Waals surface area contributed by atoms with Crippen molar-refractivity contribution in [2.75, 3.05) is 26.1 Å². The standard InChI is InChI=1S/C18H23N5O/c1-22(2)18-12-15(21-17-10-11-20-23(17)18)7-5-4-6-14-8-9-16(24-3)13-19-14/h8-13H,4-7H2,1-3H3. The lowest BCUT2D eigenvalue weighted by Gasteiger charge is -2.15. The molecule has 0 spiro atoms. The first kappa shape index (κ1) is 16.2. The molecular formula is C18H23N5O. The number of aryl methyl sites for hydroxylation is 2. The predicted octanol–water partition coefficient (Wildman–Crippen LogP) is 2.76. The zero-order chi connectivity index (χ0) is 16.9. The molecule has 0 atom stereocenters. The van der Waals surface area contributed by atoms with E-state index in [1.807, 2.05) is 36.8 Å². The van der Waals surface area contributed by atoms with Crippen LogP contribution in [0.15, 0.2) is 36.7 Å². The Bertz CT molecular complexity index is 795. The highest BCUT2D eigenvalue weighted by atomic mass is 16.5. The Morgan fingerprint density at radius 2 is 1.88 bits per heavy atom.